The summed E-state index contributed by atoms with van der Waals surface area (Å²) in [6.45, 7) is 4.01. The first-order valence-electron chi connectivity index (χ1n) is 5.15. The lowest BCUT2D eigenvalue weighted by molar-refractivity contribution is 0.0923. The van der Waals surface area contributed by atoms with Crippen LogP contribution in [0.25, 0.3) is 0 Å². The first-order valence-corrected chi connectivity index (χ1v) is 5.53. The maximum absolute atomic E-state index is 11.9. The Morgan fingerprint density at radius 2 is 2.20 bits per heavy atom. The zero-order chi connectivity index (χ0) is 11.4. The number of anilines is 1. The minimum Gasteiger partial charge on any atom is -0.398 e. The smallest absolute Gasteiger partial charge is 0.165 e. The molecule has 0 bridgehead atoms. The van der Waals surface area contributed by atoms with Crippen molar-refractivity contribution in [2.24, 2.45) is 5.92 Å². The van der Waals surface area contributed by atoms with Crippen molar-refractivity contribution in [3.63, 3.8) is 0 Å². The Morgan fingerprint density at radius 3 is 2.73 bits per heavy atom. The number of rotatable bonds is 4. The highest BCUT2D eigenvalue weighted by atomic mass is 35.5. The van der Waals surface area contributed by atoms with Crippen molar-refractivity contribution in [3.8, 4) is 0 Å². The van der Waals surface area contributed by atoms with E-state index in [1.807, 2.05) is 6.92 Å². The van der Waals surface area contributed by atoms with Crippen LogP contribution in [0.3, 0.4) is 0 Å². The fourth-order valence-electron chi connectivity index (χ4n) is 1.53. The average Bonchev–Trinajstić information content (AvgIpc) is 2.21. The molecular weight excluding hydrogens is 210 g/mol. The number of halogens is 1. The van der Waals surface area contributed by atoms with Crippen LogP contribution in [0.5, 0.6) is 0 Å². The maximum Gasteiger partial charge on any atom is 0.165 e. The molecule has 1 rings (SSSR count). The van der Waals surface area contributed by atoms with Gasteiger partial charge in [0.15, 0.2) is 5.78 Å². The van der Waals surface area contributed by atoms with E-state index in [0.717, 1.165) is 12.8 Å². The molecule has 0 aliphatic rings. The number of Topliss-reactive ketones (excluding diaryl/α,β-unsaturated/α-hetero) is 1. The van der Waals surface area contributed by atoms with Crippen LogP contribution in [-0.4, -0.2) is 5.78 Å². The monoisotopic (exact) mass is 225 g/mol. The van der Waals surface area contributed by atoms with E-state index in [1.54, 1.807) is 18.2 Å². The molecule has 2 nitrogen and oxygen atoms in total. The molecule has 1 aromatic rings. The molecule has 2 N–H and O–H groups in total. The molecule has 0 aliphatic heterocycles. The molecule has 0 spiro atoms. The standard InChI is InChI=1S/C12H16ClNO/c1-3-4-8(2)12(15)9-5-6-11(14)10(13)7-9/h5-8H,3-4,14H2,1-2H3. The summed E-state index contributed by atoms with van der Waals surface area (Å²) in [5, 5.41) is 0.449. The molecule has 82 valence electrons. The number of hydrogen-bond acceptors (Lipinski definition) is 2. The predicted molar refractivity (Wildman–Crippen MR) is 64.3 cm³/mol. The summed E-state index contributed by atoms with van der Waals surface area (Å²) in [5.41, 5.74) is 6.74. The Balaban J connectivity index is 2.87. The quantitative estimate of drug-likeness (QED) is 0.629. The molecule has 3 heteroatoms. The highest BCUT2D eigenvalue weighted by molar-refractivity contribution is 6.33. The van der Waals surface area contributed by atoms with Crippen LogP contribution in [-0.2, 0) is 0 Å². The van der Waals surface area contributed by atoms with Crippen LogP contribution in [0.2, 0.25) is 5.02 Å². The third-order valence-electron chi connectivity index (χ3n) is 2.45. The predicted octanol–water partition coefficient (Wildman–Crippen LogP) is 3.54. The number of benzene rings is 1. The second kappa shape index (κ2) is 5.17. The topological polar surface area (TPSA) is 43.1 Å². The number of ketones is 1. The molecular formula is C12H16ClNO. The lowest BCUT2D eigenvalue weighted by Crippen LogP contribution is -2.11. The van der Waals surface area contributed by atoms with Gasteiger partial charge in [-0.3, -0.25) is 4.79 Å². The molecule has 0 radical (unpaired) electrons. The lowest BCUT2D eigenvalue weighted by Gasteiger charge is -2.09. The van der Waals surface area contributed by atoms with E-state index in [4.69, 9.17) is 17.3 Å². The Bertz CT molecular complexity index is 363. The van der Waals surface area contributed by atoms with Gasteiger partial charge in [0.1, 0.15) is 0 Å². The van der Waals surface area contributed by atoms with E-state index < -0.39 is 0 Å². The molecule has 0 aliphatic carbocycles. The summed E-state index contributed by atoms with van der Waals surface area (Å²) in [5.74, 6) is 0.188. The van der Waals surface area contributed by atoms with Crippen molar-refractivity contribution in [1.29, 1.82) is 0 Å². The van der Waals surface area contributed by atoms with Crippen molar-refractivity contribution in [3.05, 3.63) is 28.8 Å². The number of hydrogen-bond donors (Lipinski definition) is 1. The van der Waals surface area contributed by atoms with Gasteiger partial charge in [0.2, 0.25) is 0 Å². The molecule has 0 heterocycles. The molecule has 0 fully saturated rings. The molecule has 0 saturated heterocycles. The SMILES string of the molecule is CCCC(C)C(=O)c1ccc(N)c(Cl)c1. The van der Waals surface area contributed by atoms with Crippen molar-refractivity contribution in [2.75, 3.05) is 5.73 Å². The molecule has 0 amide bonds. The van der Waals surface area contributed by atoms with E-state index >= 15 is 0 Å². The molecule has 0 aromatic heterocycles. The maximum atomic E-state index is 11.9. The van der Waals surface area contributed by atoms with Gasteiger partial charge in [0.05, 0.1) is 10.7 Å². The number of nitrogens with two attached hydrogens (primary N) is 1. The first kappa shape index (κ1) is 12.1. The summed E-state index contributed by atoms with van der Waals surface area (Å²) in [6.07, 6.45) is 1.91. The van der Waals surface area contributed by atoms with Crippen molar-refractivity contribution in [2.45, 2.75) is 26.7 Å². The van der Waals surface area contributed by atoms with Crippen molar-refractivity contribution in [1.82, 2.24) is 0 Å². The normalized spacial score (nSPS) is 12.5. The second-order valence-corrected chi connectivity index (χ2v) is 4.20. The summed E-state index contributed by atoms with van der Waals surface area (Å²) < 4.78 is 0. The lowest BCUT2D eigenvalue weighted by atomic mass is 9.95. The second-order valence-electron chi connectivity index (χ2n) is 3.79. The van der Waals surface area contributed by atoms with E-state index in [2.05, 4.69) is 6.92 Å². The van der Waals surface area contributed by atoms with E-state index in [1.165, 1.54) is 0 Å². The fourth-order valence-corrected chi connectivity index (χ4v) is 1.71. The Morgan fingerprint density at radius 1 is 1.53 bits per heavy atom. The van der Waals surface area contributed by atoms with Crippen LogP contribution in [0.4, 0.5) is 5.69 Å². The largest absolute Gasteiger partial charge is 0.398 e. The van der Waals surface area contributed by atoms with Gasteiger partial charge in [0, 0.05) is 11.5 Å². The number of carbonyl (C=O) groups excluding carboxylic acids is 1. The van der Waals surface area contributed by atoms with Gasteiger partial charge in [-0.15, -0.1) is 0 Å². The molecule has 1 unspecified atom stereocenters. The van der Waals surface area contributed by atoms with Gasteiger partial charge in [-0.2, -0.15) is 0 Å². The van der Waals surface area contributed by atoms with Gasteiger partial charge in [-0.05, 0) is 24.6 Å². The third kappa shape index (κ3) is 2.96. The summed E-state index contributed by atoms with van der Waals surface area (Å²) in [4.78, 5) is 11.9. The molecule has 1 atom stereocenters. The summed E-state index contributed by atoms with van der Waals surface area (Å²) in [6, 6.07) is 5.05. The zero-order valence-electron chi connectivity index (χ0n) is 9.09. The van der Waals surface area contributed by atoms with E-state index in [9.17, 15) is 4.79 Å². The molecule has 1 aromatic carbocycles. The minimum atomic E-state index is 0.0506. The van der Waals surface area contributed by atoms with Crippen LogP contribution in [0.15, 0.2) is 18.2 Å². The van der Waals surface area contributed by atoms with E-state index in [0.29, 0.717) is 16.3 Å². The number of carbonyl (C=O) groups is 1. The van der Waals surface area contributed by atoms with Crippen molar-refractivity contribution >= 4 is 23.1 Å². The van der Waals surface area contributed by atoms with Crippen LogP contribution in [0, 0.1) is 5.92 Å². The number of nitrogen functional groups attached to an aromatic ring is 1. The Kier molecular flexibility index (Phi) is 4.15. The van der Waals surface area contributed by atoms with Gasteiger partial charge < -0.3 is 5.73 Å². The van der Waals surface area contributed by atoms with Crippen LogP contribution in [0.1, 0.15) is 37.0 Å². The zero-order valence-corrected chi connectivity index (χ0v) is 9.84. The Labute approximate surface area is 95.4 Å². The van der Waals surface area contributed by atoms with E-state index in [-0.39, 0.29) is 11.7 Å². The van der Waals surface area contributed by atoms with Crippen LogP contribution < -0.4 is 5.73 Å². The average molecular weight is 226 g/mol. The van der Waals surface area contributed by atoms with Crippen molar-refractivity contribution < 1.29 is 4.79 Å². The molecule has 0 saturated carbocycles. The first-order chi connectivity index (χ1) is 7.06. The third-order valence-corrected chi connectivity index (χ3v) is 2.78. The fraction of sp³-hybridized carbons (Fsp3) is 0.417. The van der Waals surface area contributed by atoms with Gasteiger partial charge in [0.25, 0.3) is 0 Å². The summed E-state index contributed by atoms with van der Waals surface area (Å²) >= 11 is 5.86. The Hall–Kier alpha value is -1.02. The van der Waals surface area contributed by atoms with Gasteiger partial charge in [-0.25, -0.2) is 0 Å². The molecule has 15 heavy (non-hydrogen) atoms. The van der Waals surface area contributed by atoms with Gasteiger partial charge >= 0.3 is 0 Å². The highest BCUT2D eigenvalue weighted by Crippen LogP contribution is 2.22. The van der Waals surface area contributed by atoms with Gasteiger partial charge in [-0.1, -0.05) is 31.9 Å². The minimum absolute atomic E-state index is 0.0506. The highest BCUT2D eigenvalue weighted by Gasteiger charge is 2.14. The summed E-state index contributed by atoms with van der Waals surface area (Å²) in [7, 11) is 0. The van der Waals surface area contributed by atoms with Crippen LogP contribution >= 0.6 is 11.6 Å².